The molecule has 5 atom stereocenters. The predicted octanol–water partition coefficient (Wildman–Crippen LogP) is 0.601. The van der Waals surface area contributed by atoms with Gasteiger partial charge in [-0.1, -0.05) is 32.5 Å². The zero-order valence-corrected chi connectivity index (χ0v) is 21.2. The van der Waals surface area contributed by atoms with Crippen molar-refractivity contribution >= 4 is 36.9 Å². The predicted molar refractivity (Wildman–Crippen MR) is 125 cm³/mol. The molecule has 3 rings (SSSR count). The van der Waals surface area contributed by atoms with E-state index in [1.54, 1.807) is 0 Å². The highest BCUT2D eigenvalue weighted by molar-refractivity contribution is 8.13. The fourth-order valence-electron chi connectivity index (χ4n) is 3.29. The molecule has 13 nitrogen and oxygen atoms in total. The van der Waals surface area contributed by atoms with E-state index in [-0.39, 0.29) is 30.1 Å². The average Bonchev–Trinajstić information content (AvgIpc) is 3.28. The van der Waals surface area contributed by atoms with Gasteiger partial charge in [0.15, 0.2) is 11.3 Å². The maximum absolute atomic E-state index is 12.1. The first-order valence-electron chi connectivity index (χ1n) is 10.6. The summed E-state index contributed by atoms with van der Waals surface area (Å²) in [6.45, 7) is 6.74. The summed E-state index contributed by atoms with van der Waals surface area (Å²) >= 11 is 1.11. The molecule has 2 aromatic heterocycles. The lowest BCUT2D eigenvalue weighted by molar-refractivity contribution is -0.118. The van der Waals surface area contributed by atoms with Crippen LogP contribution in [0.1, 0.15) is 40.3 Å². The fourth-order valence-corrected chi connectivity index (χ4v) is 4.98. The number of carbonyl (C=O) groups excluding carboxylic acids is 1. The smallest absolute Gasteiger partial charge is 0.357 e. The SMILES string of the molecule is CCC(C)(C)C(=O)SCCO[PH](=O)OC[C@H]1O[C@@H](n2ccn3c(=O)nc(N)nc23)C(C)(O)[C@H]1O. The van der Waals surface area contributed by atoms with E-state index < -0.39 is 43.4 Å². The van der Waals surface area contributed by atoms with Crippen LogP contribution in [-0.2, 0) is 23.1 Å². The second-order valence-corrected chi connectivity index (χ2v) is 10.9. The number of anilines is 1. The number of hydrogen-bond acceptors (Lipinski definition) is 12. The molecular weight excluding hydrogens is 489 g/mol. The standard InChI is InChI=1S/C19H30N5O8PS/c1-5-18(2,3)14(26)34-9-8-30-33(29)31-10-11-12(25)19(4,28)13(32-11)23-6-7-24-16(23)21-15(20)22-17(24)27/h6-7,11-13,25,28,33H,5,8-10H2,1-4H3,(H2,20,22,27)/t11-,12+,13-,19?/m1/s1. The first-order chi connectivity index (χ1) is 15.9. The van der Waals surface area contributed by atoms with Crippen LogP contribution in [0.5, 0.6) is 0 Å². The molecule has 0 spiro atoms. The third kappa shape index (κ3) is 5.54. The number of nitrogens with zero attached hydrogens (tertiary/aromatic N) is 4. The Hall–Kier alpha value is -1.80. The maximum atomic E-state index is 12.1. The highest BCUT2D eigenvalue weighted by atomic mass is 32.2. The Bertz CT molecular complexity index is 1120. The van der Waals surface area contributed by atoms with Gasteiger partial charge in [-0.15, -0.1) is 0 Å². The summed E-state index contributed by atoms with van der Waals surface area (Å²) in [6, 6.07) is 0. The summed E-state index contributed by atoms with van der Waals surface area (Å²) in [5.41, 5.74) is 2.66. The zero-order chi connectivity index (χ0) is 25.3. The minimum atomic E-state index is -2.93. The lowest BCUT2D eigenvalue weighted by atomic mass is 9.92. The summed E-state index contributed by atoms with van der Waals surface area (Å²) in [5.74, 6) is 0.135. The number of hydrogen-bond donors (Lipinski definition) is 3. The second kappa shape index (κ2) is 10.4. The van der Waals surface area contributed by atoms with Gasteiger partial charge in [0.1, 0.15) is 17.8 Å². The summed E-state index contributed by atoms with van der Waals surface area (Å²) in [4.78, 5) is 31.6. The van der Waals surface area contributed by atoms with Crippen molar-refractivity contribution in [2.24, 2.45) is 5.41 Å². The van der Waals surface area contributed by atoms with Gasteiger partial charge in [0.05, 0.1) is 13.2 Å². The Morgan fingerprint density at radius 2 is 2.09 bits per heavy atom. The van der Waals surface area contributed by atoms with Crippen molar-refractivity contribution in [3.05, 3.63) is 22.9 Å². The fraction of sp³-hybridized carbons (Fsp3) is 0.684. The Labute approximate surface area is 200 Å². The summed E-state index contributed by atoms with van der Waals surface area (Å²) in [7, 11) is -2.93. The summed E-state index contributed by atoms with van der Waals surface area (Å²) in [5, 5.41) is 21.5. The molecule has 0 bridgehead atoms. The van der Waals surface area contributed by atoms with Crippen LogP contribution in [0, 0.1) is 5.41 Å². The van der Waals surface area contributed by atoms with Crippen LogP contribution >= 0.6 is 20.0 Å². The summed E-state index contributed by atoms with van der Waals surface area (Å²) in [6.07, 6.45) is -0.0854. The highest BCUT2D eigenvalue weighted by Gasteiger charge is 2.53. The van der Waals surface area contributed by atoms with Crippen LogP contribution in [0.2, 0.25) is 0 Å². The molecule has 0 aromatic carbocycles. The Balaban J connectivity index is 1.57. The third-order valence-electron chi connectivity index (χ3n) is 5.80. The number of rotatable bonds is 10. The topological polar surface area (TPSA) is 180 Å². The van der Waals surface area contributed by atoms with E-state index in [1.165, 1.54) is 23.9 Å². The molecule has 3 heterocycles. The van der Waals surface area contributed by atoms with Crippen molar-refractivity contribution in [3.8, 4) is 0 Å². The Morgan fingerprint density at radius 1 is 1.38 bits per heavy atom. The van der Waals surface area contributed by atoms with Crippen LogP contribution in [-0.4, -0.2) is 71.0 Å². The maximum Gasteiger partial charge on any atom is 0.357 e. The molecule has 0 amide bonds. The number of nitrogen functional groups attached to an aromatic ring is 1. The van der Waals surface area contributed by atoms with Gasteiger partial charge in [-0.05, 0) is 13.3 Å². The second-order valence-electron chi connectivity index (χ2n) is 8.72. The number of nitrogens with two attached hydrogens (primary N) is 1. The van der Waals surface area contributed by atoms with Crippen LogP contribution in [0.15, 0.2) is 17.2 Å². The molecule has 1 saturated heterocycles. The van der Waals surface area contributed by atoms with Gasteiger partial charge in [0.25, 0.3) is 0 Å². The first kappa shape index (κ1) is 26.8. The number of thioether (sulfide) groups is 1. The largest absolute Gasteiger partial charge is 0.387 e. The van der Waals surface area contributed by atoms with E-state index in [2.05, 4.69) is 9.97 Å². The minimum absolute atomic E-state index is 0.0294. The molecule has 1 fully saturated rings. The number of aliphatic hydroxyl groups is 2. The van der Waals surface area contributed by atoms with Gasteiger partial charge in [-0.3, -0.25) is 13.9 Å². The molecule has 0 saturated carbocycles. The van der Waals surface area contributed by atoms with Crippen LogP contribution in [0.4, 0.5) is 5.95 Å². The van der Waals surface area contributed by atoms with Gasteiger partial charge >= 0.3 is 13.9 Å². The van der Waals surface area contributed by atoms with Gasteiger partial charge in [-0.25, -0.2) is 9.20 Å². The molecule has 2 unspecified atom stereocenters. The van der Waals surface area contributed by atoms with E-state index in [0.29, 0.717) is 12.2 Å². The Morgan fingerprint density at radius 3 is 2.76 bits per heavy atom. The molecule has 0 radical (unpaired) electrons. The number of ether oxygens (including phenoxy) is 1. The van der Waals surface area contributed by atoms with Gasteiger partial charge < -0.3 is 29.7 Å². The van der Waals surface area contributed by atoms with E-state index in [1.807, 2.05) is 20.8 Å². The monoisotopic (exact) mass is 519 g/mol. The quantitative estimate of drug-likeness (QED) is 0.294. The first-order valence-corrected chi connectivity index (χ1v) is 12.8. The van der Waals surface area contributed by atoms with Gasteiger partial charge in [-0.2, -0.15) is 9.97 Å². The number of aliphatic hydroxyl groups excluding tert-OH is 1. The molecule has 2 aromatic rings. The highest BCUT2D eigenvalue weighted by Crippen LogP contribution is 2.40. The molecule has 1 aliphatic heterocycles. The molecular formula is C19H30N5O8PS. The van der Waals surface area contributed by atoms with Gasteiger partial charge in [0.2, 0.25) is 11.7 Å². The molecule has 190 valence electrons. The van der Waals surface area contributed by atoms with E-state index in [9.17, 15) is 24.4 Å². The van der Waals surface area contributed by atoms with Crippen molar-refractivity contribution in [1.82, 2.24) is 18.9 Å². The molecule has 34 heavy (non-hydrogen) atoms. The number of imidazole rings is 1. The third-order valence-corrected chi connectivity index (χ3v) is 7.83. The molecule has 4 N–H and O–H groups in total. The van der Waals surface area contributed by atoms with Crippen LogP contribution in [0.3, 0.4) is 0 Å². The molecule has 1 aliphatic rings. The number of fused-ring (bicyclic) bond motifs is 1. The van der Waals surface area contributed by atoms with Crippen molar-refractivity contribution in [2.45, 2.75) is 58.2 Å². The lowest BCUT2D eigenvalue weighted by Crippen LogP contribution is -2.44. The number of aromatic nitrogens is 4. The molecule has 0 aliphatic carbocycles. The van der Waals surface area contributed by atoms with Gasteiger partial charge in [0, 0.05) is 23.6 Å². The minimum Gasteiger partial charge on any atom is -0.387 e. The van der Waals surface area contributed by atoms with Crippen molar-refractivity contribution in [2.75, 3.05) is 24.7 Å². The number of carbonyl (C=O) groups is 1. The van der Waals surface area contributed by atoms with Crippen molar-refractivity contribution in [3.63, 3.8) is 0 Å². The normalized spacial score (nSPS) is 26.2. The Kier molecular flexibility index (Phi) is 8.23. The van der Waals surface area contributed by atoms with Crippen LogP contribution < -0.4 is 11.4 Å². The summed E-state index contributed by atoms with van der Waals surface area (Å²) < 4.78 is 30.7. The van der Waals surface area contributed by atoms with E-state index in [4.69, 9.17) is 19.5 Å². The molecule has 15 heteroatoms. The van der Waals surface area contributed by atoms with E-state index in [0.717, 1.165) is 16.2 Å². The average molecular weight is 520 g/mol. The van der Waals surface area contributed by atoms with Crippen LogP contribution in [0.25, 0.3) is 5.78 Å². The van der Waals surface area contributed by atoms with E-state index >= 15 is 0 Å². The van der Waals surface area contributed by atoms with Crippen molar-refractivity contribution in [1.29, 1.82) is 0 Å². The lowest BCUT2D eigenvalue weighted by Gasteiger charge is -2.27. The van der Waals surface area contributed by atoms with Crippen molar-refractivity contribution < 1.29 is 33.4 Å². The zero-order valence-electron chi connectivity index (χ0n) is 19.3.